The number of carbonyl (C=O) groups excluding carboxylic acids is 2. The number of piperazine rings is 1. The van der Waals surface area contributed by atoms with E-state index < -0.39 is 0 Å². The fraction of sp³-hybridized carbons (Fsp3) is 0.360. The van der Waals surface area contributed by atoms with Crippen molar-refractivity contribution in [1.82, 2.24) is 9.80 Å². The zero-order valence-corrected chi connectivity index (χ0v) is 19.1. The molecule has 32 heavy (non-hydrogen) atoms. The van der Waals surface area contributed by atoms with Gasteiger partial charge in [0.15, 0.2) is 11.5 Å². The number of rotatable bonds is 6. The number of anilines is 1. The number of likely N-dealkylation sites (N-methyl/N-ethyl adjacent to an activating group) is 1. The molecule has 0 atom stereocenters. The molecule has 0 unspecified atom stereocenters. The normalized spacial score (nSPS) is 17.4. The first kappa shape index (κ1) is 21.9. The summed E-state index contributed by atoms with van der Waals surface area (Å²) in [6.45, 7) is 8.17. The van der Waals surface area contributed by atoms with Crippen LogP contribution < -0.4 is 14.4 Å². The Balaban J connectivity index is 1.80. The van der Waals surface area contributed by atoms with Crippen LogP contribution in [-0.2, 0) is 9.59 Å². The van der Waals surface area contributed by atoms with Crippen LogP contribution in [0.3, 0.4) is 0 Å². The molecular weight excluding hydrogens is 406 g/mol. The maximum absolute atomic E-state index is 13.7. The van der Waals surface area contributed by atoms with Gasteiger partial charge < -0.3 is 19.3 Å². The van der Waals surface area contributed by atoms with Gasteiger partial charge in [-0.1, -0.05) is 30.7 Å². The van der Waals surface area contributed by atoms with E-state index in [1.54, 1.807) is 26.4 Å². The Morgan fingerprint density at radius 3 is 2.09 bits per heavy atom. The summed E-state index contributed by atoms with van der Waals surface area (Å²) in [7, 11) is 3.12. The van der Waals surface area contributed by atoms with Crippen LogP contribution in [0.5, 0.6) is 11.5 Å². The minimum Gasteiger partial charge on any atom is -0.493 e. The fourth-order valence-corrected chi connectivity index (χ4v) is 4.28. The molecule has 2 aliphatic heterocycles. The van der Waals surface area contributed by atoms with E-state index >= 15 is 0 Å². The molecule has 2 aliphatic rings. The Labute approximate surface area is 188 Å². The summed E-state index contributed by atoms with van der Waals surface area (Å²) in [5.41, 5.74) is 3.14. The van der Waals surface area contributed by atoms with Gasteiger partial charge in [0, 0.05) is 26.2 Å². The van der Waals surface area contributed by atoms with Gasteiger partial charge in [-0.2, -0.15) is 0 Å². The SMILES string of the molecule is CCN1CCN(C2=C(c3ccc(OC)c(OC)c3)C(=O)N(c3ccc(C)cc3)C2=O)CC1. The van der Waals surface area contributed by atoms with Crippen molar-refractivity contribution in [3.63, 3.8) is 0 Å². The summed E-state index contributed by atoms with van der Waals surface area (Å²) in [4.78, 5) is 33.0. The topological polar surface area (TPSA) is 62.3 Å². The van der Waals surface area contributed by atoms with Crippen molar-refractivity contribution in [2.75, 3.05) is 51.8 Å². The number of nitrogens with zero attached hydrogens (tertiary/aromatic N) is 3. The molecule has 0 bridgehead atoms. The van der Waals surface area contributed by atoms with Crippen LogP contribution in [0.1, 0.15) is 18.1 Å². The highest BCUT2D eigenvalue weighted by Crippen LogP contribution is 2.38. The van der Waals surface area contributed by atoms with Crippen LogP contribution in [0, 0.1) is 6.92 Å². The Bertz CT molecular complexity index is 1050. The van der Waals surface area contributed by atoms with E-state index in [9.17, 15) is 9.59 Å². The van der Waals surface area contributed by atoms with Gasteiger partial charge in [-0.25, -0.2) is 4.90 Å². The summed E-state index contributed by atoms with van der Waals surface area (Å²) >= 11 is 0. The van der Waals surface area contributed by atoms with Crippen molar-refractivity contribution in [2.45, 2.75) is 13.8 Å². The van der Waals surface area contributed by atoms with Gasteiger partial charge in [-0.3, -0.25) is 9.59 Å². The molecule has 0 aliphatic carbocycles. The summed E-state index contributed by atoms with van der Waals surface area (Å²) in [6.07, 6.45) is 0. The quantitative estimate of drug-likeness (QED) is 0.651. The lowest BCUT2D eigenvalue weighted by Crippen LogP contribution is -2.47. The smallest absolute Gasteiger partial charge is 0.282 e. The van der Waals surface area contributed by atoms with Crippen molar-refractivity contribution >= 4 is 23.1 Å². The largest absolute Gasteiger partial charge is 0.493 e. The van der Waals surface area contributed by atoms with Gasteiger partial charge in [0.2, 0.25) is 0 Å². The van der Waals surface area contributed by atoms with Crippen molar-refractivity contribution in [1.29, 1.82) is 0 Å². The molecule has 1 fully saturated rings. The zero-order chi connectivity index (χ0) is 22.8. The molecule has 7 nitrogen and oxygen atoms in total. The first-order valence-electron chi connectivity index (χ1n) is 10.9. The fourth-order valence-electron chi connectivity index (χ4n) is 4.28. The Hall–Kier alpha value is -3.32. The minimum absolute atomic E-state index is 0.284. The van der Waals surface area contributed by atoms with Gasteiger partial charge in [-0.15, -0.1) is 0 Å². The Kier molecular flexibility index (Phi) is 6.19. The highest BCUT2D eigenvalue weighted by atomic mass is 16.5. The maximum atomic E-state index is 13.7. The van der Waals surface area contributed by atoms with Crippen LogP contribution in [0.4, 0.5) is 5.69 Å². The average molecular weight is 436 g/mol. The number of aryl methyl sites for hydroxylation is 1. The molecule has 168 valence electrons. The molecule has 0 radical (unpaired) electrons. The van der Waals surface area contributed by atoms with Crippen molar-refractivity contribution in [2.24, 2.45) is 0 Å². The molecule has 2 amide bonds. The van der Waals surface area contributed by atoms with E-state index in [4.69, 9.17) is 9.47 Å². The van der Waals surface area contributed by atoms with Crippen molar-refractivity contribution < 1.29 is 19.1 Å². The molecule has 2 heterocycles. The summed E-state index contributed by atoms with van der Waals surface area (Å²) in [5.74, 6) is 0.483. The minimum atomic E-state index is -0.320. The molecule has 2 aromatic rings. The Morgan fingerprint density at radius 1 is 0.844 bits per heavy atom. The zero-order valence-electron chi connectivity index (χ0n) is 19.1. The second-order valence-corrected chi connectivity index (χ2v) is 8.00. The lowest BCUT2D eigenvalue weighted by atomic mass is 10.0. The number of hydrogen-bond acceptors (Lipinski definition) is 6. The number of amides is 2. The van der Waals surface area contributed by atoms with Crippen LogP contribution in [-0.4, -0.2) is 68.6 Å². The number of methoxy groups -OCH3 is 2. The molecular formula is C25H29N3O4. The highest BCUT2D eigenvalue weighted by molar-refractivity contribution is 6.45. The van der Waals surface area contributed by atoms with E-state index in [-0.39, 0.29) is 11.8 Å². The summed E-state index contributed by atoms with van der Waals surface area (Å²) in [5, 5.41) is 0. The third kappa shape index (κ3) is 3.84. The van der Waals surface area contributed by atoms with Crippen molar-refractivity contribution in [3.05, 3.63) is 59.3 Å². The molecule has 2 aromatic carbocycles. The third-order valence-electron chi connectivity index (χ3n) is 6.16. The van der Waals surface area contributed by atoms with E-state index in [2.05, 4.69) is 11.8 Å². The van der Waals surface area contributed by atoms with Crippen LogP contribution in [0.15, 0.2) is 48.2 Å². The predicted octanol–water partition coefficient (Wildman–Crippen LogP) is 2.93. The second kappa shape index (κ2) is 9.04. The predicted molar refractivity (Wildman–Crippen MR) is 124 cm³/mol. The number of carbonyl (C=O) groups is 2. The first-order valence-corrected chi connectivity index (χ1v) is 10.9. The second-order valence-electron chi connectivity index (χ2n) is 8.00. The van der Waals surface area contributed by atoms with E-state index in [1.807, 2.05) is 42.2 Å². The number of benzene rings is 2. The molecule has 1 saturated heterocycles. The van der Waals surface area contributed by atoms with Crippen LogP contribution in [0.25, 0.3) is 5.57 Å². The molecule has 0 N–H and O–H groups in total. The lowest BCUT2D eigenvalue weighted by Gasteiger charge is -2.36. The standard InChI is InChI=1S/C25H29N3O4/c1-5-26-12-14-27(15-13-26)23-22(18-8-11-20(31-3)21(16-18)32-4)24(29)28(25(23)30)19-9-6-17(2)7-10-19/h6-11,16H,5,12-15H2,1-4H3. The molecule has 0 spiro atoms. The van der Waals surface area contributed by atoms with Crippen LogP contribution >= 0.6 is 0 Å². The summed E-state index contributed by atoms with van der Waals surface area (Å²) in [6, 6.07) is 12.8. The molecule has 4 rings (SSSR count). The van der Waals surface area contributed by atoms with Gasteiger partial charge in [-0.05, 0) is 43.3 Å². The summed E-state index contributed by atoms with van der Waals surface area (Å²) < 4.78 is 10.8. The Morgan fingerprint density at radius 2 is 1.50 bits per heavy atom. The number of hydrogen-bond donors (Lipinski definition) is 0. The molecule has 0 aromatic heterocycles. The first-order chi connectivity index (χ1) is 15.5. The van der Waals surface area contributed by atoms with Gasteiger partial charge in [0.05, 0.1) is 25.5 Å². The number of ether oxygens (including phenoxy) is 2. The third-order valence-corrected chi connectivity index (χ3v) is 6.16. The van der Waals surface area contributed by atoms with E-state index in [0.29, 0.717) is 47.1 Å². The van der Waals surface area contributed by atoms with E-state index in [0.717, 1.165) is 25.2 Å². The monoisotopic (exact) mass is 435 g/mol. The molecule has 0 saturated carbocycles. The maximum Gasteiger partial charge on any atom is 0.282 e. The lowest BCUT2D eigenvalue weighted by molar-refractivity contribution is -0.120. The van der Waals surface area contributed by atoms with Gasteiger partial charge in [0.25, 0.3) is 11.8 Å². The highest BCUT2D eigenvalue weighted by Gasteiger charge is 2.43. The van der Waals surface area contributed by atoms with Crippen LogP contribution in [0.2, 0.25) is 0 Å². The number of imide groups is 1. The van der Waals surface area contributed by atoms with E-state index in [1.165, 1.54) is 4.90 Å². The average Bonchev–Trinajstić information content (AvgIpc) is 3.09. The van der Waals surface area contributed by atoms with Gasteiger partial charge in [0.1, 0.15) is 5.70 Å². The van der Waals surface area contributed by atoms with Gasteiger partial charge >= 0.3 is 0 Å². The molecule has 7 heteroatoms. The van der Waals surface area contributed by atoms with Crippen molar-refractivity contribution in [3.8, 4) is 11.5 Å².